The van der Waals surface area contributed by atoms with Gasteiger partial charge >= 0.3 is 0 Å². The summed E-state index contributed by atoms with van der Waals surface area (Å²) < 4.78 is 52.1. The minimum absolute atomic E-state index is 0.136. The first kappa shape index (κ1) is 22.9. The van der Waals surface area contributed by atoms with E-state index in [1.165, 1.54) is 14.9 Å². The van der Waals surface area contributed by atoms with Crippen LogP contribution in [-0.4, -0.2) is 57.2 Å². The van der Waals surface area contributed by atoms with Crippen LogP contribution in [0.2, 0.25) is 0 Å². The summed E-state index contributed by atoms with van der Waals surface area (Å²) in [7, 11) is -6.82. The van der Waals surface area contributed by atoms with Gasteiger partial charge in [0.15, 0.2) is 0 Å². The zero-order chi connectivity index (χ0) is 22.9. The van der Waals surface area contributed by atoms with Gasteiger partial charge in [-0.05, 0) is 54.7 Å². The van der Waals surface area contributed by atoms with Crippen molar-refractivity contribution in [3.63, 3.8) is 0 Å². The molecule has 32 heavy (non-hydrogen) atoms. The van der Waals surface area contributed by atoms with E-state index in [1.807, 2.05) is 18.2 Å². The lowest BCUT2D eigenvalue weighted by Gasteiger charge is -2.30. The van der Waals surface area contributed by atoms with Crippen LogP contribution in [0.4, 0.5) is 5.69 Å². The van der Waals surface area contributed by atoms with Gasteiger partial charge < -0.3 is 5.32 Å². The Hall–Kier alpha value is -2.27. The molecule has 1 saturated heterocycles. The van der Waals surface area contributed by atoms with Gasteiger partial charge in [-0.2, -0.15) is 4.31 Å². The van der Waals surface area contributed by atoms with Crippen LogP contribution in [0.5, 0.6) is 0 Å². The summed E-state index contributed by atoms with van der Waals surface area (Å²) >= 11 is 0. The van der Waals surface area contributed by atoms with Crippen molar-refractivity contribution >= 4 is 31.6 Å². The third-order valence-corrected chi connectivity index (χ3v) is 9.29. The Kier molecular flexibility index (Phi) is 6.39. The lowest BCUT2D eigenvalue weighted by molar-refractivity contribution is -0.120. The molecule has 0 saturated carbocycles. The van der Waals surface area contributed by atoms with Gasteiger partial charge in [-0.1, -0.05) is 24.3 Å². The maximum Gasteiger partial charge on any atom is 0.243 e. The zero-order valence-electron chi connectivity index (χ0n) is 17.9. The maximum absolute atomic E-state index is 13.0. The number of anilines is 1. The molecule has 10 heteroatoms. The Balaban J connectivity index is 1.43. The van der Waals surface area contributed by atoms with E-state index in [-0.39, 0.29) is 23.3 Å². The number of nitrogens with one attached hydrogen (secondary N) is 1. The summed E-state index contributed by atoms with van der Waals surface area (Å²) in [5.74, 6) is -0.387. The summed E-state index contributed by atoms with van der Waals surface area (Å²) in [5, 5.41) is 2.93. The van der Waals surface area contributed by atoms with E-state index in [9.17, 15) is 21.6 Å². The lowest BCUT2D eigenvalue weighted by Crippen LogP contribution is -2.40. The normalized spacial score (nSPS) is 18.8. The molecule has 2 aromatic rings. The minimum Gasteiger partial charge on any atom is -0.326 e. The van der Waals surface area contributed by atoms with Crippen LogP contribution in [0, 0.1) is 5.92 Å². The van der Waals surface area contributed by atoms with E-state index < -0.39 is 20.0 Å². The Morgan fingerprint density at radius 2 is 1.59 bits per heavy atom. The quantitative estimate of drug-likeness (QED) is 0.710. The Morgan fingerprint density at radius 1 is 0.906 bits per heavy atom. The van der Waals surface area contributed by atoms with Crippen molar-refractivity contribution in [1.82, 2.24) is 8.61 Å². The van der Waals surface area contributed by atoms with E-state index in [0.29, 0.717) is 44.6 Å². The van der Waals surface area contributed by atoms with Crippen molar-refractivity contribution in [3.8, 4) is 0 Å². The van der Waals surface area contributed by atoms with Crippen molar-refractivity contribution < 1.29 is 21.6 Å². The fourth-order valence-corrected chi connectivity index (χ4v) is 6.56. The first-order valence-corrected chi connectivity index (χ1v) is 13.9. The smallest absolute Gasteiger partial charge is 0.243 e. The van der Waals surface area contributed by atoms with Crippen LogP contribution in [0.25, 0.3) is 0 Å². The van der Waals surface area contributed by atoms with E-state index in [4.69, 9.17) is 0 Å². The van der Waals surface area contributed by atoms with Gasteiger partial charge in [-0.3, -0.25) is 4.79 Å². The van der Waals surface area contributed by atoms with Crippen LogP contribution < -0.4 is 5.32 Å². The summed E-state index contributed by atoms with van der Waals surface area (Å²) in [6, 6.07) is 14.0. The average molecular weight is 478 g/mol. The number of benzene rings is 2. The highest BCUT2D eigenvalue weighted by Gasteiger charge is 2.30. The molecule has 0 aliphatic carbocycles. The van der Waals surface area contributed by atoms with Crippen molar-refractivity contribution in [1.29, 1.82) is 0 Å². The summed E-state index contributed by atoms with van der Waals surface area (Å²) in [5.41, 5.74) is 2.57. The van der Waals surface area contributed by atoms with Crippen molar-refractivity contribution in [3.05, 3.63) is 59.7 Å². The van der Waals surface area contributed by atoms with Gasteiger partial charge in [0.25, 0.3) is 0 Å². The van der Waals surface area contributed by atoms with Gasteiger partial charge in [0.05, 0.1) is 11.2 Å². The number of carbonyl (C=O) groups excluding carboxylic acids is 1. The van der Waals surface area contributed by atoms with Crippen molar-refractivity contribution in [2.24, 2.45) is 5.92 Å². The Bertz CT molecular complexity index is 1210. The molecule has 0 aromatic heterocycles. The largest absolute Gasteiger partial charge is 0.326 e. The highest BCUT2D eigenvalue weighted by atomic mass is 32.2. The fourth-order valence-electron chi connectivity index (χ4n) is 4.25. The third kappa shape index (κ3) is 4.88. The zero-order valence-corrected chi connectivity index (χ0v) is 19.5. The molecule has 2 aromatic carbocycles. The van der Waals surface area contributed by atoms with Crippen molar-refractivity contribution in [2.75, 3.05) is 31.2 Å². The van der Waals surface area contributed by atoms with E-state index >= 15 is 0 Å². The number of nitrogens with zero attached hydrogens (tertiary/aromatic N) is 2. The number of carbonyl (C=O) groups is 1. The van der Waals surface area contributed by atoms with Crippen LogP contribution in [-0.2, 0) is 37.8 Å². The first-order chi connectivity index (χ1) is 15.1. The van der Waals surface area contributed by atoms with Gasteiger partial charge in [0.1, 0.15) is 0 Å². The Labute approximate surface area is 189 Å². The van der Waals surface area contributed by atoms with E-state index in [2.05, 4.69) is 5.32 Å². The standard InChI is InChI=1S/C22H27N3O5S2/c1-31(27,28)24-12-10-18(11-13-24)22(26)23-20-8-7-17-9-14-25(16-19(17)15-20)32(29,30)21-5-3-2-4-6-21/h2-8,15,18H,9-14,16H2,1H3,(H,23,26). The predicted octanol–water partition coefficient (Wildman–Crippen LogP) is 2.04. The SMILES string of the molecule is CS(=O)(=O)N1CCC(C(=O)Nc2ccc3c(c2)CN(S(=O)(=O)c2ccccc2)CC3)CC1. The molecule has 0 radical (unpaired) electrons. The molecule has 1 N–H and O–H groups in total. The van der Waals surface area contributed by atoms with Gasteiger partial charge in [0.2, 0.25) is 26.0 Å². The molecule has 0 atom stereocenters. The molecule has 0 unspecified atom stereocenters. The molecule has 4 rings (SSSR count). The highest BCUT2D eigenvalue weighted by Crippen LogP contribution is 2.28. The molecule has 1 fully saturated rings. The molecule has 8 nitrogen and oxygen atoms in total. The summed E-state index contributed by atoms with van der Waals surface area (Å²) in [4.78, 5) is 13.0. The number of hydrogen-bond acceptors (Lipinski definition) is 5. The monoisotopic (exact) mass is 477 g/mol. The van der Waals surface area contributed by atoms with E-state index in [1.54, 1.807) is 30.3 Å². The van der Waals surface area contributed by atoms with Gasteiger partial charge in [0, 0.05) is 37.8 Å². The van der Waals surface area contributed by atoms with Crippen molar-refractivity contribution in [2.45, 2.75) is 30.7 Å². The number of amides is 1. The number of fused-ring (bicyclic) bond motifs is 1. The molecule has 2 aliphatic rings. The molecule has 0 bridgehead atoms. The summed E-state index contributed by atoms with van der Waals surface area (Å²) in [6.45, 7) is 1.35. The minimum atomic E-state index is -3.58. The molecular weight excluding hydrogens is 450 g/mol. The van der Waals surface area contributed by atoms with Crippen LogP contribution in [0.1, 0.15) is 24.0 Å². The average Bonchev–Trinajstić information content (AvgIpc) is 2.78. The number of rotatable bonds is 5. The third-order valence-electron chi connectivity index (χ3n) is 6.13. The van der Waals surface area contributed by atoms with Gasteiger partial charge in [-0.15, -0.1) is 0 Å². The number of piperidine rings is 1. The number of sulfonamides is 2. The van der Waals surface area contributed by atoms with Crippen LogP contribution in [0.3, 0.4) is 0 Å². The molecule has 0 spiro atoms. The second-order valence-electron chi connectivity index (χ2n) is 8.31. The second kappa shape index (κ2) is 8.93. The van der Waals surface area contributed by atoms with E-state index in [0.717, 1.165) is 11.1 Å². The van der Waals surface area contributed by atoms with Gasteiger partial charge in [-0.25, -0.2) is 21.1 Å². The molecule has 1 amide bonds. The molecular formula is C22H27N3O5S2. The number of hydrogen-bond donors (Lipinski definition) is 1. The molecule has 172 valence electrons. The Morgan fingerprint density at radius 3 is 2.25 bits per heavy atom. The van der Waals surface area contributed by atoms with Crippen LogP contribution in [0.15, 0.2) is 53.4 Å². The lowest BCUT2D eigenvalue weighted by atomic mass is 9.96. The topological polar surface area (TPSA) is 104 Å². The highest BCUT2D eigenvalue weighted by molar-refractivity contribution is 7.89. The second-order valence-corrected chi connectivity index (χ2v) is 12.2. The first-order valence-electron chi connectivity index (χ1n) is 10.6. The molecule has 2 aliphatic heterocycles. The summed E-state index contributed by atoms with van der Waals surface area (Å²) in [6.07, 6.45) is 2.75. The molecule has 2 heterocycles. The maximum atomic E-state index is 13.0. The predicted molar refractivity (Wildman–Crippen MR) is 122 cm³/mol. The fraction of sp³-hybridized carbons (Fsp3) is 0.409. The van der Waals surface area contributed by atoms with Crippen LogP contribution >= 0.6 is 0 Å².